The summed E-state index contributed by atoms with van der Waals surface area (Å²) >= 11 is 0. The summed E-state index contributed by atoms with van der Waals surface area (Å²) in [5.74, 6) is 0.542. The van der Waals surface area contributed by atoms with Crippen LogP contribution in [0.5, 0.6) is 11.5 Å². The van der Waals surface area contributed by atoms with Gasteiger partial charge < -0.3 is 9.84 Å². The first-order chi connectivity index (χ1) is 8.79. The molecule has 0 aliphatic rings. The van der Waals surface area contributed by atoms with Crippen molar-refractivity contribution in [1.82, 2.24) is 14.9 Å². The van der Waals surface area contributed by atoms with Gasteiger partial charge in [0.05, 0.1) is 12.8 Å². The molecule has 1 aromatic heterocycles. The van der Waals surface area contributed by atoms with Crippen molar-refractivity contribution in [1.29, 1.82) is 0 Å². The van der Waals surface area contributed by atoms with E-state index in [1.807, 2.05) is 6.92 Å². The number of hydrazone groups is 1. The molecular formula is C11H13N5O2. The number of aromatic hydroxyl groups is 1. The summed E-state index contributed by atoms with van der Waals surface area (Å²) in [5, 5.41) is 17.3. The minimum atomic E-state index is 0.109. The Hall–Kier alpha value is -2.57. The molecule has 0 aliphatic carbocycles. The zero-order valence-electron chi connectivity index (χ0n) is 9.82. The molecule has 1 aromatic carbocycles. The molecule has 0 spiro atoms. The highest BCUT2D eigenvalue weighted by Gasteiger charge is 2.01. The molecule has 0 saturated heterocycles. The van der Waals surface area contributed by atoms with Crippen molar-refractivity contribution < 1.29 is 9.84 Å². The summed E-state index contributed by atoms with van der Waals surface area (Å²) < 4.78 is 5.27. The Balaban J connectivity index is 2.04. The lowest BCUT2D eigenvalue weighted by Gasteiger charge is -2.05. The lowest BCUT2D eigenvalue weighted by Crippen LogP contribution is -2.08. The average molecular weight is 247 g/mol. The molecule has 7 nitrogen and oxygen atoms in total. The third-order valence-corrected chi connectivity index (χ3v) is 2.08. The van der Waals surface area contributed by atoms with Gasteiger partial charge in [0.1, 0.15) is 12.7 Å². The zero-order valence-corrected chi connectivity index (χ0v) is 9.82. The predicted molar refractivity (Wildman–Crippen MR) is 66.3 cm³/mol. The fraction of sp³-hybridized carbons (Fsp3) is 0.182. The van der Waals surface area contributed by atoms with Crippen LogP contribution in [0, 0.1) is 0 Å². The molecule has 94 valence electrons. The maximum absolute atomic E-state index is 9.53. The number of hydrogen-bond donors (Lipinski definition) is 2. The normalized spacial score (nSPS) is 10.7. The van der Waals surface area contributed by atoms with Gasteiger partial charge >= 0.3 is 0 Å². The van der Waals surface area contributed by atoms with Gasteiger partial charge in [-0.1, -0.05) is 0 Å². The highest BCUT2D eigenvalue weighted by molar-refractivity contribution is 5.80. The number of phenolic OH excluding ortho intramolecular Hbond substituents is 1. The van der Waals surface area contributed by atoms with Crippen molar-refractivity contribution in [2.24, 2.45) is 5.10 Å². The van der Waals surface area contributed by atoms with Crippen LogP contribution in [0.3, 0.4) is 0 Å². The molecule has 0 aliphatic heterocycles. The van der Waals surface area contributed by atoms with Crippen molar-refractivity contribution in [2.45, 2.75) is 6.92 Å². The molecule has 0 radical (unpaired) electrons. The van der Waals surface area contributed by atoms with Gasteiger partial charge in [0.2, 0.25) is 0 Å². The second-order valence-corrected chi connectivity index (χ2v) is 3.36. The van der Waals surface area contributed by atoms with Crippen LogP contribution in [0.1, 0.15) is 12.5 Å². The van der Waals surface area contributed by atoms with Gasteiger partial charge in [-0.2, -0.15) is 10.6 Å². The summed E-state index contributed by atoms with van der Waals surface area (Å²) in [4.78, 5) is 5.12. The molecule has 2 N–H and O–H groups in total. The predicted octanol–water partition coefficient (Wildman–Crippen LogP) is 0.960. The molecule has 0 atom stereocenters. The molecule has 2 aromatic rings. The van der Waals surface area contributed by atoms with Crippen LogP contribution in [0.2, 0.25) is 0 Å². The van der Waals surface area contributed by atoms with Crippen LogP contribution in [0.4, 0.5) is 0 Å². The molecule has 18 heavy (non-hydrogen) atoms. The minimum Gasteiger partial charge on any atom is -0.504 e. The SMILES string of the molecule is CCOc1cc(/C=N/Nn2cncn2)ccc1O. The maximum atomic E-state index is 9.53. The van der Waals surface area contributed by atoms with Gasteiger partial charge in [-0.3, -0.25) is 0 Å². The fourth-order valence-electron chi connectivity index (χ4n) is 1.30. The van der Waals surface area contributed by atoms with E-state index in [1.54, 1.807) is 24.4 Å². The van der Waals surface area contributed by atoms with Crippen LogP contribution >= 0.6 is 0 Å². The lowest BCUT2D eigenvalue weighted by atomic mass is 10.2. The smallest absolute Gasteiger partial charge is 0.161 e. The van der Waals surface area contributed by atoms with Gasteiger partial charge in [-0.15, -0.1) is 9.89 Å². The number of benzene rings is 1. The molecular weight excluding hydrogens is 234 g/mol. The maximum Gasteiger partial charge on any atom is 0.161 e. The number of nitrogens with zero attached hydrogens (tertiary/aromatic N) is 4. The molecule has 2 rings (SSSR count). The molecule has 0 fully saturated rings. The van der Waals surface area contributed by atoms with Crippen LogP contribution in [0.15, 0.2) is 36.0 Å². The standard InChI is InChI=1S/C11H13N5O2/c1-2-18-11-5-9(3-4-10(11)17)6-13-15-16-8-12-7-14-16/h3-8,15,17H,2H2,1H3/b13-6+. The first-order valence-corrected chi connectivity index (χ1v) is 5.39. The third-order valence-electron chi connectivity index (χ3n) is 2.08. The largest absolute Gasteiger partial charge is 0.504 e. The van der Waals surface area contributed by atoms with E-state index < -0.39 is 0 Å². The Labute approximate surface area is 104 Å². The lowest BCUT2D eigenvalue weighted by molar-refractivity contribution is 0.318. The van der Waals surface area contributed by atoms with Crippen LogP contribution in [0.25, 0.3) is 0 Å². The second kappa shape index (κ2) is 5.67. The number of nitrogens with one attached hydrogen (secondary N) is 1. The summed E-state index contributed by atoms with van der Waals surface area (Å²) in [6.45, 7) is 2.35. The number of ether oxygens (including phenoxy) is 1. The van der Waals surface area contributed by atoms with Crippen molar-refractivity contribution in [3.05, 3.63) is 36.4 Å². The number of rotatable bonds is 5. The first kappa shape index (κ1) is 11.9. The highest BCUT2D eigenvalue weighted by Crippen LogP contribution is 2.26. The molecule has 1 heterocycles. The van der Waals surface area contributed by atoms with E-state index in [9.17, 15) is 5.11 Å². The molecule has 0 bridgehead atoms. The van der Waals surface area contributed by atoms with Gasteiger partial charge in [0.25, 0.3) is 0 Å². The average Bonchev–Trinajstić information content (AvgIpc) is 2.87. The summed E-state index contributed by atoms with van der Waals surface area (Å²) in [5.41, 5.74) is 3.44. The topological polar surface area (TPSA) is 84.6 Å². The summed E-state index contributed by atoms with van der Waals surface area (Å²) in [7, 11) is 0. The first-order valence-electron chi connectivity index (χ1n) is 5.39. The monoisotopic (exact) mass is 247 g/mol. The highest BCUT2D eigenvalue weighted by atomic mass is 16.5. The molecule has 0 unspecified atom stereocenters. The third kappa shape index (κ3) is 2.97. The van der Waals surface area contributed by atoms with Gasteiger partial charge in [0, 0.05) is 0 Å². The van der Waals surface area contributed by atoms with E-state index in [-0.39, 0.29) is 5.75 Å². The number of hydrogen-bond acceptors (Lipinski definition) is 6. The Kier molecular flexibility index (Phi) is 3.75. The van der Waals surface area contributed by atoms with Crippen LogP contribution in [-0.4, -0.2) is 32.8 Å². The van der Waals surface area contributed by atoms with Crippen molar-refractivity contribution in [2.75, 3.05) is 12.1 Å². The number of aromatic nitrogens is 3. The summed E-state index contributed by atoms with van der Waals surface area (Å²) in [6.07, 6.45) is 4.47. The van der Waals surface area contributed by atoms with Crippen LogP contribution < -0.4 is 10.3 Å². The zero-order chi connectivity index (χ0) is 12.8. The van der Waals surface area contributed by atoms with Gasteiger partial charge in [-0.05, 0) is 30.7 Å². The van der Waals surface area contributed by atoms with E-state index >= 15 is 0 Å². The van der Waals surface area contributed by atoms with E-state index in [4.69, 9.17) is 4.74 Å². The van der Waals surface area contributed by atoms with Crippen molar-refractivity contribution in [3.8, 4) is 11.5 Å². The Morgan fingerprint density at radius 2 is 2.44 bits per heavy atom. The Morgan fingerprint density at radius 3 is 3.17 bits per heavy atom. The van der Waals surface area contributed by atoms with Gasteiger partial charge in [-0.25, -0.2) is 4.98 Å². The van der Waals surface area contributed by atoms with E-state index in [1.165, 1.54) is 17.4 Å². The Morgan fingerprint density at radius 1 is 1.56 bits per heavy atom. The number of phenols is 1. The van der Waals surface area contributed by atoms with Crippen molar-refractivity contribution >= 4 is 6.21 Å². The second-order valence-electron chi connectivity index (χ2n) is 3.36. The molecule has 0 amide bonds. The fourth-order valence-corrected chi connectivity index (χ4v) is 1.30. The quantitative estimate of drug-likeness (QED) is 0.607. The van der Waals surface area contributed by atoms with E-state index in [0.717, 1.165) is 5.56 Å². The van der Waals surface area contributed by atoms with Crippen molar-refractivity contribution in [3.63, 3.8) is 0 Å². The summed E-state index contributed by atoms with van der Waals surface area (Å²) in [6, 6.07) is 4.98. The molecule has 7 heteroatoms. The van der Waals surface area contributed by atoms with Crippen LogP contribution in [-0.2, 0) is 0 Å². The molecule has 0 saturated carbocycles. The van der Waals surface area contributed by atoms with E-state index in [0.29, 0.717) is 12.4 Å². The minimum absolute atomic E-state index is 0.109. The van der Waals surface area contributed by atoms with E-state index in [2.05, 4.69) is 20.7 Å². The van der Waals surface area contributed by atoms with Gasteiger partial charge in [0.15, 0.2) is 11.5 Å². The Bertz CT molecular complexity index is 524.